The number of benzene rings is 1. The lowest BCUT2D eigenvalue weighted by Gasteiger charge is -2.09. The van der Waals surface area contributed by atoms with Gasteiger partial charge in [0.15, 0.2) is 0 Å². The summed E-state index contributed by atoms with van der Waals surface area (Å²) in [4.78, 5) is 10.5. The number of aromatic carboxylic acids is 1. The second kappa shape index (κ2) is 4.74. The molecule has 1 aromatic rings. The number of aliphatic hydroxyl groups excluding tert-OH is 1. The van der Waals surface area contributed by atoms with Crippen LogP contribution in [0.2, 0.25) is 0 Å². The van der Waals surface area contributed by atoms with E-state index in [4.69, 9.17) is 5.11 Å². The predicted octanol–water partition coefficient (Wildman–Crippen LogP) is 0.638. The zero-order valence-electron chi connectivity index (χ0n) is 7.90. The van der Waals surface area contributed by atoms with Crippen molar-refractivity contribution in [1.29, 1.82) is 0 Å². The molecular formula is C10H13NO3. The maximum absolute atomic E-state index is 10.5. The molecule has 1 rings (SSSR count). The highest BCUT2D eigenvalue weighted by Gasteiger charge is 2.07. The summed E-state index contributed by atoms with van der Waals surface area (Å²) in [7, 11) is 1.74. The molecule has 4 heteroatoms. The molecule has 0 heterocycles. The number of carboxylic acids is 1. The van der Waals surface area contributed by atoms with Crippen LogP contribution in [0.25, 0.3) is 0 Å². The first-order valence-electron chi connectivity index (χ1n) is 4.31. The van der Waals surface area contributed by atoms with Crippen molar-refractivity contribution in [3.63, 3.8) is 0 Å². The molecule has 0 amide bonds. The van der Waals surface area contributed by atoms with Crippen molar-refractivity contribution in [2.24, 2.45) is 0 Å². The summed E-state index contributed by atoms with van der Waals surface area (Å²) in [5, 5.41) is 21.0. The molecule has 0 saturated carbocycles. The smallest absolute Gasteiger partial charge is 0.335 e. The molecule has 1 aromatic carbocycles. The quantitative estimate of drug-likeness (QED) is 0.659. The average Bonchev–Trinajstić information content (AvgIpc) is 2.18. The number of carboxylic acid groups (broad SMARTS) is 1. The molecule has 0 spiro atoms. The van der Waals surface area contributed by atoms with E-state index in [-0.39, 0.29) is 5.56 Å². The molecule has 76 valence electrons. The third-order valence-corrected chi connectivity index (χ3v) is 1.94. The van der Waals surface area contributed by atoms with Crippen LogP contribution in [-0.2, 0) is 0 Å². The van der Waals surface area contributed by atoms with Crippen LogP contribution < -0.4 is 5.32 Å². The van der Waals surface area contributed by atoms with E-state index in [1.165, 1.54) is 12.1 Å². The van der Waals surface area contributed by atoms with Crippen LogP contribution in [0.4, 0.5) is 0 Å². The van der Waals surface area contributed by atoms with Gasteiger partial charge in [-0.15, -0.1) is 0 Å². The van der Waals surface area contributed by atoms with Gasteiger partial charge in [-0.1, -0.05) is 12.1 Å². The van der Waals surface area contributed by atoms with Gasteiger partial charge in [0, 0.05) is 6.54 Å². The largest absolute Gasteiger partial charge is 0.478 e. The Morgan fingerprint density at radius 2 is 2.00 bits per heavy atom. The number of aliphatic hydroxyl groups is 1. The van der Waals surface area contributed by atoms with Crippen LogP contribution in [0.5, 0.6) is 0 Å². The standard InChI is InChI=1S/C10H13NO3/c1-11-6-9(12)7-2-4-8(5-3-7)10(13)14/h2-5,9,11-12H,6H2,1H3,(H,13,14). The topological polar surface area (TPSA) is 69.6 Å². The van der Waals surface area contributed by atoms with Crippen molar-refractivity contribution in [2.75, 3.05) is 13.6 Å². The Morgan fingerprint density at radius 3 is 2.43 bits per heavy atom. The van der Waals surface area contributed by atoms with Crippen molar-refractivity contribution < 1.29 is 15.0 Å². The molecule has 0 aliphatic carbocycles. The van der Waals surface area contributed by atoms with Gasteiger partial charge in [0.05, 0.1) is 11.7 Å². The van der Waals surface area contributed by atoms with Crippen LogP contribution in [-0.4, -0.2) is 29.8 Å². The number of nitrogens with one attached hydrogen (secondary N) is 1. The van der Waals surface area contributed by atoms with Gasteiger partial charge in [0.2, 0.25) is 0 Å². The molecule has 0 saturated heterocycles. The molecule has 4 nitrogen and oxygen atoms in total. The molecule has 0 bridgehead atoms. The van der Waals surface area contributed by atoms with Crippen LogP contribution >= 0.6 is 0 Å². The van der Waals surface area contributed by atoms with Crippen LogP contribution in [0.1, 0.15) is 22.0 Å². The first kappa shape index (κ1) is 10.7. The highest BCUT2D eigenvalue weighted by Crippen LogP contribution is 2.12. The summed E-state index contributed by atoms with van der Waals surface area (Å²) in [6.45, 7) is 0.451. The summed E-state index contributed by atoms with van der Waals surface area (Å²) in [5.41, 5.74) is 0.940. The molecule has 0 aliphatic rings. The fourth-order valence-corrected chi connectivity index (χ4v) is 1.16. The second-order valence-corrected chi connectivity index (χ2v) is 3.00. The lowest BCUT2D eigenvalue weighted by Crippen LogP contribution is -2.16. The fraction of sp³-hybridized carbons (Fsp3) is 0.300. The molecular weight excluding hydrogens is 182 g/mol. The summed E-state index contributed by atoms with van der Waals surface area (Å²) in [5.74, 6) is -0.959. The van der Waals surface area contributed by atoms with Crippen molar-refractivity contribution in [2.45, 2.75) is 6.10 Å². The minimum atomic E-state index is -0.959. The van der Waals surface area contributed by atoms with E-state index in [1.807, 2.05) is 0 Å². The molecule has 3 N–H and O–H groups in total. The Morgan fingerprint density at radius 1 is 1.43 bits per heavy atom. The summed E-state index contributed by atoms with van der Waals surface area (Å²) in [6.07, 6.45) is -0.595. The monoisotopic (exact) mass is 195 g/mol. The van der Waals surface area contributed by atoms with Crippen LogP contribution in [0, 0.1) is 0 Å². The highest BCUT2D eigenvalue weighted by atomic mass is 16.4. The number of likely N-dealkylation sites (N-methyl/N-ethyl adjacent to an activating group) is 1. The summed E-state index contributed by atoms with van der Waals surface area (Å²) in [6, 6.07) is 6.20. The number of carbonyl (C=O) groups is 1. The van der Waals surface area contributed by atoms with Crippen molar-refractivity contribution in [3.05, 3.63) is 35.4 Å². The maximum Gasteiger partial charge on any atom is 0.335 e. The minimum absolute atomic E-state index is 0.227. The Balaban J connectivity index is 2.77. The normalized spacial score (nSPS) is 12.4. The Hall–Kier alpha value is -1.39. The first-order chi connectivity index (χ1) is 6.65. The van der Waals surface area contributed by atoms with Crippen molar-refractivity contribution >= 4 is 5.97 Å². The molecule has 1 unspecified atom stereocenters. The zero-order chi connectivity index (χ0) is 10.6. The predicted molar refractivity (Wildman–Crippen MR) is 52.3 cm³/mol. The van der Waals surface area contributed by atoms with Gasteiger partial charge in [0.1, 0.15) is 0 Å². The SMILES string of the molecule is CNCC(O)c1ccc(C(=O)O)cc1. The molecule has 0 fully saturated rings. The zero-order valence-corrected chi connectivity index (χ0v) is 7.90. The van der Waals surface area contributed by atoms with E-state index in [2.05, 4.69) is 5.32 Å². The fourth-order valence-electron chi connectivity index (χ4n) is 1.16. The van der Waals surface area contributed by atoms with E-state index in [9.17, 15) is 9.90 Å². The number of rotatable bonds is 4. The Bertz CT molecular complexity index is 308. The van der Waals surface area contributed by atoms with Gasteiger partial charge >= 0.3 is 5.97 Å². The third-order valence-electron chi connectivity index (χ3n) is 1.94. The number of hydrogen-bond acceptors (Lipinski definition) is 3. The third kappa shape index (κ3) is 2.55. The van der Waals surface area contributed by atoms with Crippen molar-refractivity contribution in [1.82, 2.24) is 5.32 Å². The second-order valence-electron chi connectivity index (χ2n) is 3.00. The molecule has 0 aromatic heterocycles. The molecule has 14 heavy (non-hydrogen) atoms. The Kier molecular flexibility index (Phi) is 3.62. The van der Waals surface area contributed by atoms with Gasteiger partial charge in [-0.3, -0.25) is 0 Å². The van der Waals surface area contributed by atoms with E-state index in [1.54, 1.807) is 19.2 Å². The average molecular weight is 195 g/mol. The Labute approximate surface area is 82.2 Å². The number of hydrogen-bond donors (Lipinski definition) is 3. The van der Waals surface area contributed by atoms with Crippen LogP contribution in [0.15, 0.2) is 24.3 Å². The highest BCUT2D eigenvalue weighted by molar-refractivity contribution is 5.87. The van der Waals surface area contributed by atoms with Gasteiger partial charge in [-0.05, 0) is 24.7 Å². The molecule has 0 radical (unpaired) electrons. The minimum Gasteiger partial charge on any atom is -0.478 e. The van der Waals surface area contributed by atoms with Gasteiger partial charge in [0.25, 0.3) is 0 Å². The van der Waals surface area contributed by atoms with E-state index < -0.39 is 12.1 Å². The van der Waals surface area contributed by atoms with E-state index >= 15 is 0 Å². The van der Waals surface area contributed by atoms with Crippen LogP contribution in [0.3, 0.4) is 0 Å². The van der Waals surface area contributed by atoms with Crippen molar-refractivity contribution in [3.8, 4) is 0 Å². The van der Waals surface area contributed by atoms with E-state index in [0.29, 0.717) is 12.1 Å². The van der Waals surface area contributed by atoms with Gasteiger partial charge in [-0.25, -0.2) is 4.79 Å². The summed E-state index contributed by atoms with van der Waals surface area (Å²) < 4.78 is 0. The van der Waals surface area contributed by atoms with Gasteiger partial charge < -0.3 is 15.5 Å². The maximum atomic E-state index is 10.5. The van der Waals surface area contributed by atoms with Gasteiger partial charge in [-0.2, -0.15) is 0 Å². The first-order valence-corrected chi connectivity index (χ1v) is 4.31. The van der Waals surface area contributed by atoms with E-state index in [0.717, 1.165) is 0 Å². The lowest BCUT2D eigenvalue weighted by atomic mass is 10.1. The molecule has 1 atom stereocenters. The lowest BCUT2D eigenvalue weighted by molar-refractivity contribution is 0.0696. The summed E-state index contributed by atoms with van der Waals surface area (Å²) >= 11 is 0. The molecule has 0 aliphatic heterocycles.